The number of thioether (sulfide) groups is 1. The molecular formula is C14H28N2OS. The highest BCUT2D eigenvalue weighted by atomic mass is 32.2. The second kappa shape index (κ2) is 8.05. The van der Waals surface area contributed by atoms with Gasteiger partial charge in [-0.25, -0.2) is 0 Å². The van der Waals surface area contributed by atoms with Gasteiger partial charge >= 0.3 is 0 Å². The Hall–Kier alpha value is -0.220. The maximum Gasteiger partial charge on any atom is 0.236 e. The molecule has 1 atom stereocenters. The summed E-state index contributed by atoms with van der Waals surface area (Å²) in [5, 5.41) is 3.06. The van der Waals surface area contributed by atoms with Gasteiger partial charge in [-0.3, -0.25) is 4.79 Å². The van der Waals surface area contributed by atoms with Crippen molar-refractivity contribution in [3.63, 3.8) is 0 Å². The van der Waals surface area contributed by atoms with Gasteiger partial charge in [0.25, 0.3) is 0 Å². The number of nitrogens with two attached hydrogens (primary N) is 1. The van der Waals surface area contributed by atoms with E-state index < -0.39 is 0 Å². The van der Waals surface area contributed by atoms with Crippen molar-refractivity contribution in [1.29, 1.82) is 0 Å². The van der Waals surface area contributed by atoms with Crippen molar-refractivity contribution >= 4 is 17.7 Å². The standard InChI is InChI=1S/C14H28N2OS/c1-14(8-5-3-4-6-9-14)11-16-13(17)12(15)7-10-18-2/h12H,3-11,15H2,1-2H3,(H,16,17). The SMILES string of the molecule is CSCCC(N)C(=O)NCC1(C)CCCCCC1. The summed E-state index contributed by atoms with van der Waals surface area (Å²) in [7, 11) is 0. The lowest BCUT2D eigenvalue weighted by molar-refractivity contribution is -0.122. The van der Waals surface area contributed by atoms with E-state index in [4.69, 9.17) is 5.73 Å². The molecular weight excluding hydrogens is 244 g/mol. The third-order valence-corrected chi connectivity index (χ3v) is 4.61. The molecule has 0 aliphatic heterocycles. The van der Waals surface area contributed by atoms with Crippen LogP contribution in [0.5, 0.6) is 0 Å². The molecule has 4 heteroatoms. The summed E-state index contributed by atoms with van der Waals surface area (Å²) in [4.78, 5) is 11.9. The van der Waals surface area contributed by atoms with E-state index in [0.717, 1.165) is 18.7 Å². The first-order valence-electron chi connectivity index (χ1n) is 7.10. The van der Waals surface area contributed by atoms with Gasteiger partial charge in [0.1, 0.15) is 0 Å². The van der Waals surface area contributed by atoms with Gasteiger partial charge in [-0.05, 0) is 36.7 Å². The zero-order valence-corrected chi connectivity index (χ0v) is 12.7. The van der Waals surface area contributed by atoms with Crippen LogP contribution >= 0.6 is 11.8 Å². The Labute approximate surface area is 116 Å². The van der Waals surface area contributed by atoms with E-state index in [0.29, 0.717) is 0 Å². The number of hydrogen-bond donors (Lipinski definition) is 2. The molecule has 0 aromatic heterocycles. The van der Waals surface area contributed by atoms with Crippen LogP contribution in [0.25, 0.3) is 0 Å². The van der Waals surface area contributed by atoms with Crippen LogP contribution in [0.4, 0.5) is 0 Å². The monoisotopic (exact) mass is 272 g/mol. The molecule has 1 saturated carbocycles. The number of amides is 1. The molecule has 3 N–H and O–H groups in total. The zero-order chi connectivity index (χ0) is 13.4. The summed E-state index contributed by atoms with van der Waals surface area (Å²) in [6.45, 7) is 3.09. The molecule has 0 saturated heterocycles. The smallest absolute Gasteiger partial charge is 0.236 e. The molecule has 1 amide bonds. The number of nitrogens with one attached hydrogen (secondary N) is 1. The highest BCUT2D eigenvalue weighted by Crippen LogP contribution is 2.33. The minimum Gasteiger partial charge on any atom is -0.354 e. The number of carbonyl (C=O) groups excluding carboxylic acids is 1. The molecule has 1 unspecified atom stereocenters. The van der Waals surface area contributed by atoms with Crippen LogP contribution in [0.1, 0.15) is 51.9 Å². The van der Waals surface area contributed by atoms with E-state index in [9.17, 15) is 4.79 Å². The van der Waals surface area contributed by atoms with Crippen molar-refractivity contribution in [2.24, 2.45) is 11.1 Å². The Kier molecular flexibility index (Phi) is 7.08. The summed E-state index contributed by atoms with van der Waals surface area (Å²) in [6.07, 6.45) is 10.5. The maximum atomic E-state index is 11.9. The molecule has 18 heavy (non-hydrogen) atoms. The lowest BCUT2D eigenvalue weighted by Gasteiger charge is -2.29. The number of hydrogen-bond acceptors (Lipinski definition) is 3. The molecule has 106 valence electrons. The van der Waals surface area contributed by atoms with E-state index in [1.165, 1.54) is 38.5 Å². The van der Waals surface area contributed by atoms with E-state index in [1.807, 2.05) is 6.26 Å². The molecule has 1 fully saturated rings. The van der Waals surface area contributed by atoms with Gasteiger partial charge in [-0.2, -0.15) is 11.8 Å². The molecule has 0 heterocycles. The van der Waals surface area contributed by atoms with Crippen LogP contribution in [0, 0.1) is 5.41 Å². The Morgan fingerprint density at radius 3 is 2.50 bits per heavy atom. The molecule has 0 spiro atoms. The van der Waals surface area contributed by atoms with Crippen LogP contribution in [0.3, 0.4) is 0 Å². The second-order valence-corrected chi connectivity index (χ2v) is 6.82. The lowest BCUT2D eigenvalue weighted by Crippen LogP contribution is -2.44. The molecule has 0 aromatic rings. The van der Waals surface area contributed by atoms with Gasteiger partial charge in [-0.15, -0.1) is 0 Å². The largest absolute Gasteiger partial charge is 0.354 e. The van der Waals surface area contributed by atoms with Gasteiger partial charge in [0.05, 0.1) is 6.04 Å². The van der Waals surface area contributed by atoms with Crippen molar-refractivity contribution in [2.75, 3.05) is 18.6 Å². The van der Waals surface area contributed by atoms with Crippen LogP contribution in [-0.4, -0.2) is 30.5 Å². The van der Waals surface area contributed by atoms with Gasteiger partial charge in [-0.1, -0.05) is 32.6 Å². The minimum absolute atomic E-state index is 0.0227. The van der Waals surface area contributed by atoms with Crippen LogP contribution in [-0.2, 0) is 4.79 Å². The van der Waals surface area contributed by atoms with Crippen molar-refractivity contribution in [3.05, 3.63) is 0 Å². The van der Waals surface area contributed by atoms with Crippen LogP contribution in [0.15, 0.2) is 0 Å². The summed E-state index contributed by atoms with van der Waals surface area (Å²) in [5.74, 6) is 0.973. The fourth-order valence-corrected chi connectivity index (χ4v) is 3.06. The average molecular weight is 272 g/mol. The van der Waals surface area contributed by atoms with Crippen LogP contribution in [0.2, 0.25) is 0 Å². The molecule has 0 bridgehead atoms. The molecule has 1 aliphatic carbocycles. The lowest BCUT2D eigenvalue weighted by atomic mass is 9.82. The first-order chi connectivity index (χ1) is 8.57. The van der Waals surface area contributed by atoms with Gasteiger partial charge < -0.3 is 11.1 Å². The Bertz CT molecular complexity index is 250. The van der Waals surface area contributed by atoms with Gasteiger partial charge in [0, 0.05) is 6.54 Å². The normalized spacial score (nSPS) is 21.1. The fourth-order valence-electron chi connectivity index (χ4n) is 2.57. The van der Waals surface area contributed by atoms with E-state index in [-0.39, 0.29) is 17.4 Å². The Balaban J connectivity index is 2.31. The quantitative estimate of drug-likeness (QED) is 0.731. The predicted octanol–water partition coefficient (Wildman–Crippen LogP) is 2.54. The number of rotatable bonds is 6. The van der Waals surface area contributed by atoms with E-state index in [2.05, 4.69) is 12.2 Å². The predicted molar refractivity (Wildman–Crippen MR) is 79.8 cm³/mol. The molecule has 0 aromatic carbocycles. The zero-order valence-electron chi connectivity index (χ0n) is 11.8. The molecule has 1 rings (SSSR count). The molecule has 1 aliphatic rings. The van der Waals surface area contributed by atoms with E-state index in [1.54, 1.807) is 11.8 Å². The van der Waals surface area contributed by atoms with Crippen molar-refractivity contribution in [3.8, 4) is 0 Å². The second-order valence-electron chi connectivity index (χ2n) is 5.83. The summed E-state index contributed by atoms with van der Waals surface area (Å²) in [5.41, 5.74) is 6.15. The van der Waals surface area contributed by atoms with Gasteiger partial charge in [0.15, 0.2) is 0 Å². The highest BCUT2D eigenvalue weighted by Gasteiger charge is 2.26. The third-order valence-electron chi connectivity index (χ3n) is 3.97. The first kappa shape index (κ1) is 15.8. The first-order valence-corrected chi connectivity index (χ1v) is 8.49. The molecule has 3 nitrogen and oxygen atoms in total. The fraction of sp³-hybridized carbons (Fsp3) is 0.929. The van der Waals surface area contributed by atoms with Gasteiger partial charge in [0.2, 0.25) is 5.91 Å². The highest BCUT2D eigenvalue weighted by molar-refractivity contribution is 7.98. The molecule has 0 radical (unpaired) electrons. The summed E-state index contributed by atoms with van der Waals surface area (Å²) in [6, 6.07) is -0.341. The minimum atomic E-state index is -0.341. The average Bonchev–Trinajstić information content (AvgIpc) is 2.58. The third kappa shape index (κ3) is 5.61. The Morgan fingerprint density at radius 2 is 1.94 bits per heavy atom. The van der Waals surface area contributed by atoms with Crippen molar-refractivity contribution in [2.45, 2.75) is 57.9 Å². The van der Waals surface area contributed by atoms with Crippen molar-refractivity contribution < 1.29 is 4.79 Å². The summed E-state index contributed by atoms with van der Waals surface area (Å²) >= 11 is 1.74. The van der Waals surface area contributed by atoms with E-state index >= 15 is 0 Å². The summed E-state index contributed by atoms with van der Waals surface area (Å²) < 4.78 is 0. The topological polar surface area (TPSA) is 55.1 Å². The maximum absolute atomic E-state index is 11.9. The Morgan fingerprint density at radius 1 is 1.33 bits per heavy atom. The number of carbonyl (C=O) groups is 1. The van der Waals surface area contributed by atoms with Crippen molar-refractivity contribution in [1.82, 2.24) is 5.32 Å². The van der Waals surface area contributed by atoms with Crippen LogP contribution < -0.4 is 11.1 Å².